The van der Waals surface area contributed by atoms with E-state index in [0.29, 0.717) is 11.5 Å². The van der Waals surface area contributed by atoms with E-state index in [1.54, 1.807) is 0 Å². The quantitative estimate of drug-likeness (QED) is 0.171. The molecule has 0 spiro atoms. The van der Waals surface area contributed by atoms with Gasteiger partial charge in [0.1, 0.15) is 5.58 Å². The Labute approximate surface area is 330 Å². The van der Waals surface area contributed by atoms with Gasteiger partial charge in [0, 0.05) is 16.5 Å². The second kappa shape index (κ2) is 13.6. The lowest BCUT2D eigenvalue weighted by Crippen LogP contribution is -1.95. The summed E-state index contributed by atoms with van der Waals surface area (Å²) in [7, 11) is 0. The number of hydrogen-bond acceptors (Lipinski definition) is 3. The molecule has 0 saturated heterocycles. The smallest absolute Gasteiger partial charge is 0.231 e. The summed E-state index contributed by atoms with van der Waals surface area (Å²) in [5, 5.41) is 6.51. The molecule has 0 amide bonds. The van der Waals surface area contributed by atoms with Crippen LogP contribution in [-0.4, -0.2) is 9.97 Å². The average Bonchev–Trinajstić information content (AvgIpc) is 3.65. The van der Waals surface area contributed by atoms with Crippen LogP contribution in [0.2, 0.25) is 0 Å². The van der Waals surface area contributed by atoms with Gasteiger partial charge in [0.15, 0.2) is 5.82 Å². The van der Waals surface area contributed by atoms with Crippen LogP contribution in [0, 0.1) is 0 Å². The summed E-state index contributed by atoms with van der Waals surface area (Å²) in [6.45, 7) is 0. The molecule has 11 rings (SSSR count). The average molecular weight is 727 g/mol. The van der Waals surface area contributed by atoms with Crippen molar-refractivity contribution in [2.45, 2.75) is 0 Å². The van der Waals surface area contributed by atoms with Crippen LogP contribution >= 0.6 is 0 Å². The van der Waals surface area contributed by atoms with Crippen LogP contribution in [0.1, 0.15) is 0 Å². The van der Waals surface area contributed by atoms with Gasteiger partial charge in [-0.25, -0.2) is 4.98 Å². The van der Waals surface area contributed by atoms with E-state index in [0.717, 1.165) is 71.4 Å². The molecular weight excluding hydrogens is 693 g/mol. The fraction of sp³-hybridized carbons (Fsp3) is 0. The first kappa shape index (κ1) is 32.8. The van der Waals surface area contributed by atoms with Gasteiger partial charge in [0.2, 0.25) is 5.71 Å². The molecule has 2 heterocycles. The molecular formula is C54H34N2O. The van der Waals surface area contributed by atoms with Crippen LogP contribution in [0.25, 0.3) is 111 Å². The Hall–Kier alpha value is -7.62. The molecule has 2 aromatic heterocycles. The van der Waals surface area contributed by atoms with Crippen LogP contribution < -0.4 is 0 Å². The SMILES string of the molecule is c1ccc(-c2cc(-c3ccccc3)cc(-c3cccc(-c4cccc(-c5nc(-c6cccc7ccccc67)c6c(n5)oc5cc7ccccc7cc56)c4)c3)c2)cc1. The summed E-state index contributed by atoms with van der Waals surface area (Å²) in [5.74, 6) is 0.620. The highest BCUT2D eigenvalue weighted by molar-refractivity contribution is 6.16. The van der Waals surface area contributed by atoms with Crippen molar-refractivity contribution in [2.75, 3.05) is 0 Å². The van der Waals surface area contributed by atoms with Gasteiger partial charge >= 0.3 is 0 Å². The molecule has 3 heteroatoms. The van der Waals surface area contributed by atoms with E-state index in [1.807, 2.05) is 0 Å². The van der Waals surface area contributed by atoms with E-state index in [-0.39, 0.29) is 0 Å². The Morgan fingerprint density at radius 3 is 1.47 bits per heavy atom. The molecule has 0 aliphatic heterocycles. The van der Waals surface area contributed by atoms with Gasteiger partial charge in [-0.3, -0.25) is 0 Å². The lowest BCUT2D eigenvalue weighted by molar-refractivity contribution is 0.654. The van der Waals surface area contributed by atoms with Crippen molar-refractivity contribution < 1.29 is 4.42 Å². The summed E-state index contributed by atoms with van der Waals surface area (Å²) in [5.41, 5.74) is 13.5. The fourth-order valence-electron chi connectivity index (χ4n) is 8.22. The van der Waals surface area contributed by atoms with Crippen molar-refractivity contribution in [3.63, 3.8) is 0 Å². The minimum atomic E-state index is 0.577. The highest BCUT2D eigenvalue weighted by atomic mass is 16.3. The number of aromatic nitrogens is 2. The van der Waals surface area contributed by atoms with Gasteiger partial charge < -0.3 is 4.42 Å². The minimum absolute atomic E-state index is 0.577. The lowest BCUT2D eigenvalue weighted by Gasteiger charge is -2.13. The molecule has 9 aromatic carbocycles. The first-order valence-electron chi connectivity index (χ1n) is 19.3. The van der Waals surface area contributed by atoms with Crippen molar-refractivity contribution in [3.8, 4) is 67.2 Å². The van der Waals surface area contributed by atoms with Crippen LogP contribution in [0.3, 0.4) is 0 Å². The van der Waals surface area contributed by atoms with Crippen molar-refractivity contribution in [1.29, 1.82) is 0 Å². The molecule has 266 valence electrons. The second-order valence-electron chi connectivity index (χ2n) is 14.6. The molecule has 0 fully saturated rings. The topological polar surface area (TPSA) is 38.9 Å². The van der Waals surface area contributed by atoms with Gasteiger partial charge in [0.25, 0.3) is 0 Å². The Morgan fingerprint density at radius 1 is 0.316 bits per heavy atom. The second-order valence-corrected chi connectivity index (χ2v) is 14.6. The number of rotatable bonds is 6. The molecule has 0 aliphatic carbocycles. The maximum absolute atomic E-state index is 6.61. The Morgan fingerprint density at radius 2 is 0.789 bits per heavy atom. The summed E-state index contributed by atoms with van der Waals surface area (Å²) in [4.78, 5) is 10.5. The molecule has 0 aliphatic rings. The van der Waals surface area contributed by atoms with Crippen LogP contribution in [-0.2, 0) is 0 Å². The Balaban J connectivity index is 1.06. The highest BCUT2D eigenvalue weighted by Gasteiger charge is 2.20. The largest absolute Gasteiger partial charge is 0.438 e. The highest BCUT2D eigenvalue weighted by Crippen LogP contribution is 2.41. The van der Waals surface area contributed by atoms with Gasteiger partial charge in [0.05, 0.1) is 11.1 Å². The van der Waals surface area contributed by atoms with Gasteiger partial charge in [-0.05, 0) is 109 Å². The van der Waals surface area contributed by atoms with E-state index in [1.165, 1.54) is 27.8 Å². The maximum Gasteiger partial charge on any atom is 0.231 e. The van der Waals surface area contributed by atoms with Crippen LogP contribution in [0.5, 0.6) is 0 Å². The van der Waals surface area contributed by atoms with Gasteiger partial charge in [-0.2, -0.15) is 4.98 Å². The third-order valence-electron chi connectivity index (χ3n) is 11.0. The summed E-state index contributed by atoms with van der Waals surface area (Å²) in [6, 6.07) is 73.1. The van der Waals surface area contributed by atoms with Crippen molar-refractivity contribution >= 4 is 43.6 Å². The number of hydrogen-bond donors (Lipinski definition) is 0. The molecule has 11 aromatic rings. The predicted octanol–water partition coefficient (Wildman–Crippen LogP) is 14.7. The maximum atomic E-state index is 6.61. The zero-order chi connectivity index (χ0) is 37.7. The van der Waals surface area contributed by atoms with Crippen molar-refractivity contribution in [2.24, 2.45) is 0 Å². The standard InChI is InChI=1S/C54H34N2O/c1-3-14-35(15-4-1)44-30-45(36-16-5-2-6-17-36)32-46(31-44)40-24-11-22-38(28-40)39-23-12-25-43(29-39)53-55-52(48-27-13-21-37-18-9-10-26-47(37)48)51-49-33-41-19-7-8-20-42(41)34-50(49)57-54(51)56-53/h1-34H. The number of nitrogens with zero attached hydrogens (tertiary/aromatic N) is 2. The number of fused-ring (bicyclic) bond motifs is 5. The Bertz CT molecular complexity index is 3230. The first-order valence-corrected chi connectivity index (χ1v) is 19.3. The van der Waals surface area contributed by atoms with Crippen molar-refractivity contribution in [3.05, 3.63) is 206 Å². The van der Waals surface area contributed by atoms with Crippen LogP contribution in [0.4, 0.5) is 0 Å². The number of furan rings is 1. The third-order valence-corrected chi connectivity index (χ3v) is 11.0. The molecule has 57 heavy (non-hydrogen) atoms. The number of benzene rings is 9. The zero-order valence-corrected chi connectivity index (χ0v) is 30.9. The zero-order valence-electron chi connectivity index (χ0n) is 30.9. The van der Waals surface area contributed by atoms with E-state index in [4.69, 9.17) is 14.4 Å². The Kier molecular flexibility index (Phi) is 7.82. The molecule has 0 unspecified atom stereocenters. The molecule has 0 radical (unpaired) electrons. The van der Waals surface area contributed by atoms with E-state index in [2.05, 4.69) is 206 Å². The monoisotopic (exact) mass is 726 g/mol. The van der Waals surface area contributed by atoms with Crippen LogP contribution in [0.15, 0.2) is 211 Å². The predicted molar refractivity (Wildman–Crippen MR) is 237 cm³/mol. The lowest BCUT2D eigenvalue weighted by atomic mass is 9.92. The summed E-state index contributed by atoms with van der Waals surface area (Å²) in [6.07, 6.45) is 0. The molecule has 3 nitrogen and oxygen atoms in total. The van der Waals surface area contributed by atoms with E-state index in [9.17, 15) is 0 Å². The first-order chi connectivity index (χ1) is 28.2. The van der Waals surface area contributed by atoms with E-state index < -0.39 is 0 Å². The fourth-order valence-corrected chi connectivity index (χ4v) is 8.22. The molecule has 0 saturated carbocycles. The van der Waals surface area contributed by atoms with Gasteiger partial charge in [-0.1, -0.05) is 164 Å². The summed E-state index contributed by atoms with van der Waals surface area (Å²) < 4.78 is 6.61. The minimum Gasteiger partial charge on any atom is -0.438 e. The van der Waals surface area contributed by atoms with Gasteiger partial charge in [-0.15, -0.1) is 0 Å². The van der Waals surface area contributed by atoms with Crippen molar-refractivity contribution in [1.82, 2.24) is 9.97 Å². The molecule has 0 N–H and O–H groups in total. The molecule has 0 atom stereocenters. The molecule has 0 bridgehead atoms. The normalized spacial score (nSPS) is 11.5. The summed E-state index contributed by atoms with van der Waals surface area (Å²) >= 11 is 0. The van der Waals surface area contributed by atoms with E-state index >= 15 is 0 Å². The third kappa shape index (κ3) is 5.94.